The number of rotatable bonds is 4. The number of ether oxygens (including phenoxy) is 1. The Morgan fingerprint density at radius 2 is 1.69 bits per heavy atom. The predicted octanol–water partition coefficient (Wildman–Crippen LogP) is 6.19. The first-order valence-corrected chi connectivity index (χ1v) is 12.2. The van der Waals surface area contributed by atoms with E-state index in [0.717, 1.165) is 43.4 Å². The molecule has 0 unspecified atom stereocenters. The average Bonchev–Trinajstić information content (AvgIpc) is 3.05. The minimum absolute atomic E-state index is 0.0645. The third-order valence-electron chi connectivity index (χ3n) is 10.9. The number of carbonyl (C=O) groups excluding carboxylic acids is 2. The molecule has 8 atom stereocenters. The third-order valence-corrected chi connectivity index (χ3v) is 10.9. The molecule has 0 aromatic heterocycles. The Bertz CT molecular complexity index is 671. The Hall–Kier alpha value is -0.860. The summed E-state index contributed by atoms with van der Waals surface area (Å²) in [5.41, 5.74) is 1.21. The summed E-state index contributed by atoms with van der Waals surface area (Å²) in [7, 11) is 1.50. The van der Waals surface area contributed by atoms with E-state index in [0.29, 0.717) is 40.3 Å². The van der Waals surface area contributed by atoms with Crippen molar-refractivity contribution in [2.45, 2.75) is 98.3 Å². The zero-order valence-corrected chi connectivity index (χ0v) is 19.4. The number of carbonyl (C=O) groups is 2. The van der Waals surface area contributed by atoms with Crippen molar-refractivity contribution in [2.75, 3.05) is 7.11 Å². The van der Waals surface area contributed by atoms with E-state index < -0.39 is 0 Å². The van der Waals surface area contributed by atoms with Crippen LogP contribution in [-0.2, 0) is 14.3 Å². The molecule has 0 aromatic carbocycles. The molecule has 3 heteroatoms. The largest absolute Gasteiger partial charge is 0.469 e. The minimum Gasteiger partial charge on any atom is -0.469 e. The monoisotopic (exact) mass is 402 g/mol. The summed E-state index contributed by atoms with van der Waals surface area (Å²) >= 11 is 0. The molecule has 0 aliphatic heterocycles. The zero-order chi connectivity index (χ0) is 21.0. The lowest BCUT2D eigenvalue weighted by atomic mass is 9.39. The first-order valence-electron chi connectivity index (χ1n) is 12.2. The van der Waals surface area contributed by atoms with Crippen molar-refractivity contribution in [3.05, 3.63) is 0 Å². The summed E-state index contributed by atoms with van der Waals surface area (Å²) in [6.45, 7) is 10.1. The maximum atomic E-state index is 12.1. The van der Waals surface area contributed by atoms with Gasteiger partial charge >= 0.3 is 5.97 Å². The van der Waals surface area contributed by atoms with Gasteiger partial charge in [-0.25, -0.2) is 0 Å². The second-order valence-corrected chi connectivity index (χ2v) is 11.9. The molecule has 4 aliphatic rings. The molecule has 0 radical (unpaired) electrons. The van der Waals surface area contributed by atoms with E-state index in [2.05, 4.69) is 27.7 Å². The Morgan fingerprint density at radius 3 is 2.41 bits per heavy atom. The summed E-state index contributed by atoms with van der Waals surface area (Å²) in [5.74, 6) is 3.97. The number of Topliss-reactive ketones (excluding diaryl/α,β-unsaturated/α-hetero) is 1. The standard InChI is InChI=1S/C26H42O3/c1-17(6-9-23(28)29-5)20-7-8-21-25(20,3)15-12-22-24(2)14-11-19(27)16-18(24)10-13-26(21,22)4/h17-18,20-22H,6-16H2,1-5H3/t17-,18+,20-,21-,22-,24+,25-,26+/m1/s1. The van der Waals surface area contributed by atoms with Gasteiger partial charge in [-0.15, -0.1) is 0 Å². The molecule has 4 rings (SSSR count). The van der Waals surface area contributed by atoms with Crippen molar-refractivity contribution < 1.29 is 14.3 Å². The van der Waals surface area contributed by atoms with E-state index in [1.54, 1.807) is 0 Å². The molecule has 3 nitrogen and oxygen atoms in total. The van der Waals surface area contributed by atoms with Crippen LogP contribution in [0.25, 0.3) is 0 Å². The SMILES string of the molecule is COC(=O)CC[C@@H](C)[C@H]1CC[C@H]2[C@]3(C)CC[C@H]4CC(=O)CC[C@]4(C)[C@H]3CC[C@@]21C. The molecule has 29 heavy (non-hydrogen) atoms. The van der Waals surface area contributed by atoms with Gasteiger partial charge in [-0.2, -0.15) is 0 Å². The smallest absolute Gasteiger partial charge is 0.305 e. The molecular weight excluding hydrogens is 360 g/mol. The van der Waals surface area contributed by atoms with Crippen molar-refractivity contribution >= 4 is 11.8 Å². The molecule has 164 valence electrons. The summed E-state index contributed by atoms with van der Waals surface area (Å²) < 4.78 is 4.89. The first-order chi connectivity index (χ1) is 13.6. The van der Waals surface area contributed by atoms with Crippen LogP contribution in [0.15, 0.2) is 0 Å². The fourth-order valence-electron chi connectivity index (χ4n) is 9.35. The molecule has 0 N–H and O–H groups in total. The van der Waals surface area contributed by atoms with Gasteiger partial charge in [0.25, 0.3) is 0 Å². The second kappa shape index (κ2) is 7.38. The predicted molar refractivity (Wildman–Crippen MR) is 115 cm³/mol. The Morgan fingerprint density at radius 1 is 1.00 bits per heavy atom. The highest BCUT2D eigenvalue weighted by Crippen LogP contribution is 2.72. The molecule has 0 bridgehead atoms. The van der Waals surface area contributed by atoms with Crippen LogP contribution in [0.5, 0.6) is 0 Å². The van der Waals surface area contributed by atoms with Gasteiger partial charge in [-0.05, 0) is 97.2 Å². The second-order valence-electron chi connectivity index (χ2n) is 11.9. The van der Waals surface area contributed by atoms with Gasteiger partial charge in [0, 0.05) is 19.3 Å². The van der Waals surface area contributed by atoms with Gasteiger partial charge in [0.2, 0.25) is 0 Å². The summed E-state index contributed by atoms with van der Waals surface area (Å²) in [6, 6.07) is 0. The number of ketones is 1. The lowest BCUT2D eigenvalue weighted by molar-refractivity contribution is -0.171. The topological polar surface area (TPSA) is 43.4 Å². The zero-order valence-electron chi connectivity index (χ0n) is 19.4. The van der Waals surface area contributed by atoms with Crippen LogP contribution in [0, 0.1) is 45.8 Å². The molecule has 0 heterocycles. The van der Waals surface area contributed by atoms with E-state index in [1.165, 1.54) is 45.6 Å². The van der Waals surface area contributed by atoms with Gasteiger partial charge in [0.15, 0.2) is 0 Å². The normalized spacial score (nSPS) is 47.7. The number of hydrogen-bond acceptors (Lipinski definition) is 3. The van der Waals surface area contributed by atoms with Crippen LogP contribution in [-0.4, -0.2) is 18.9 Å². The fourth-order valence-corrected chi connectivity index (χ4v) is 9.35. The van der Waals surface area contributed by atoms with Gasteiger partial charge in [-0.1, -0.05) is 27.7 Å². The Labute approximate surface area is 177 Å². The van der Waals surface area contributed by atoms with Crippen LogP contribution in [0.2, 0.25) is 0 Å². The summed E-state index contributed by atoms with van der Waals surface area (Å²) in [5, 5.41) is 0. The van der Waals surface area contributed by atoms with Crippen molar-refractivity contribution in [1.29, 1.82) is 0 Å². The average molecular weight is 403 g/mol. The molecule has 0 saturated heterocycles. The quantitative estimate of drug-likeness (QED) is 0.526. The van der Waals surface area contributed by atoms with E-state index >= 15 is 0 Å². The molecule has 0 spiro atoms. The van der Waals surface area contributed by atoms with Gasteiger partial charge in [0.1, 0.15) is 5.78 Å². The van der Waals surface area contributed by atoms with Crippen LogP contribution in [0.1, 0.15) is 98.3 Å². The number of hydrogen-bond donors (Lipinski definition) is 0. The van der Waals surface area contributed by atoms with Crippen LogP contribution >= 0.6 is 0 Å². The van der Waals surface area contributed by atoms with E-state index in [-0.39, 0.29) is 5.97 Å². The third kappa shape index (κ3) is 3.21. The number of fused-ring (bicyclic) bond motifs is 5. The van der Waals surface area contributed by atoms with Crippen molar-refractivity contribution in [2.24, 2.45) is 45.8 Å². The van der Waals surface area contributed by atoms with Gasteiger partial charge in [-0.3, -0.25) is 9.59 Å². The maximum Gasteiger partial charge on any atom is 0.305 e. The van der Waals surface area contributed by atoms with Gasteiger partial charge in [0.05, 0.1) is 7.11 Å². The fraction of sp³-hybridized carbons (Fsp3) is 0.923. The lowest BCUT2D eigenvalue weighted by Crippen LogP contribution is -2.58. The highest BCUT2D eigenvalue weighted by Gasteiger charge is 2.65. The van der Waals surface area contributed by atoms with Gasteiger partial charge < -0.3 is 4.74 Å². The molecule has 4 saturated carbocycles. The Kier molecular flexibility index (Phi) is 5.44. The lowest BCUT2D eigenvalue weighted by Gasteiger charge is -2.65. The van der Waals surface area contributed by atoms with Crippen molar-refractivity contribution in [1.82, 2.24) is 0 Å². The maximum absolute atomic E-state index is 12.1. The van der Waals surface area contributed by atoms with E-state index in [4.69, 9.17) is 4.74 Å². The molecular formula is C26H42O3. The van der Waals surface area contributed by atoms with Crippen molar-refractivity contribution in [3.8, 4) is 0 Å². The molecule has 0 aromatic rings. The minimum atomic E-state index is -0.0645. The molecule has 4 aliphatic carbocycles. The highest BCUT2D eigenvalue weighted by molar-refractivity contribution is 5.79. The molecule has 0 amide bonds. The van der Waals surface area contributed by atoms with E-state index in [1.807, 2.05) is 0 Å². The Balaban J connectivity index is 1.55. The number of esters is 1. The van der Waals surface area contributed by atoms with Crippen LogP contribution < -0.4 is 0 Å². The van der Waals surface area contributed by atoms with Crippen LogP contribution in [0.3, 0.4) is 0 Å². The first kappa shape index (κ1) is 21.4. The van der Waals surface area contributed by atoms with Crippen molar-refractivity contribution in [3.63, 3.8) is 0 Å². The van der Waals surface area contributed by atoms with E-state index in [9.17, 15) is 9.59 Å². The summed E-state index contributed by atoms with van der Waals surface area (Å²) in [4.78, 5) is 23.8. The number of methoxy groups -OCH3 is 1. The highest BCUT2D eigenvalue weighted by atomic mass is 16.5. The molecule has 4 fully saturated rings. The van der Waals surface area contributed by atoms with Crippen LogP contribution in [0.4, 0.5) is 0 Å². The summed E-state index contributed by atoms with van der Waals surface area (Å²) in [6.07, 6.45) is 12.2.